The predicted molar refractivity (Wildman–Crippen MR) is 146 cm³/mol. The Hall–Kier alpha value is -3.09. The molecule has 3 aromatic rings. The number of nitrogens with one attached hydrogen (secondary N) is 1. The van der Waals surface area contributed by atoms with E-state index >= 15 is 0 Å². The molecule has 1 aliphatic carbocycles. The van der Waals surface area contributed by atoms with E-state index in [0.29, 0.717) is 18.1 Å². The van der Waals surface area contributed by atoms with Gasteiger partial charge in [0.1, 0.15) is 18.3 Å². The number of amides is 2. The number of morpholine rings is 1. The maximum absolute atomic E-state index is 13.8. The molecule has 11 nitrogen and oxygen atoms in total. The van der Waals surface area contributed by atoms with Crippen molar-refractivity contribution in [3.63, 3.8) is 0 Å². The van der Waals surface area contributed by atoms with Crippen molar-refractivity contribution in [2.24, 2.45) is 0 Å². The number of aryl methyl sites for hydroxylation is 1. The molecule has 1 unspecified atom stereocenters. The number of tetrazole rings is 1. The van der Waals surface area contributed by atoms with Crippen molar-refractivity contribution in [2.75, 3.05) is 39.4 Å². The summed E-state index contributed by atoms with van der Waals surface area (Å²) < 4.78 is 11.1. The third-order valence-electron chi connectivity index (χ3n) is 7.31. The smallest absolute Gasteiger partial charge is 0.248 e. The van der Waals surface area contributed by atoms with Crippen molar-refractivity contribution in [2.45, 2.75) is 64.1 Å². The zero-order valence-electron chi connectivity index (χ0n) is 22.5. The molecule has 1 saturated carbocycles. The molecular weight excluding hydrogens is 518 g/mol. The molecular formula is C27H37N7O4S. The fraction of sp³-hybridized carbons (Fsp3) is 0.593. The average Bonchev–Trinajstić information content (AvgIpc) is 3.72. The van der Waals surface area contributed by atoms with E-state index in [1.54, 1.807) is 11.0 Å². The Morgan fingerprint density at radius 1 is 1.18 bits per heavy atom. The molecule has 4 heterocycles. The van der Waals surface area contributed by atoms with Crippen LogP contribution in [0.5, 0.6) is 0 Å². The molecule has 0 bridgehead atoms. The van der Waals surface area contributed by atoms with Gasteiger partial charge < -0.3 is 19.4 Å². The largest absolute Gasteiger partial charge is 0.458 e. The lowest BCUT2D eigenvalue weighted by atomic mass is 9.95. The van der Waals surface area contributed by atoms with Crippen LogP contribution in [0.4, 0.5) is 0 Å². The highest BCUT2D eigenvalue weighted by molar-refractivity contribution is 7.10. The summed E-state index contributed by atoms with van der Waals surface area (Å²) in [6, 6.07) is 6.90. The number of nitrogens with zero attached hydrogens (tertiary/aromatic N) is 6. The van der Waals surface area contributed by atoms with Gasteiger partial charge in [0, 0.05) is 37.1 Å². The van der Waals surface area contributed by atoms with Gasteiger partial charge >= 0.3 is 0 Å². The lowest BCUT2D eigenvalue weighted by Crippen LogP contribution is -2.48. The van der Waals surface area contributed by atoms with E-state index < -0.39 is 6.04 Å². The van der Waals surface area contributed by atoms with Crippen LogP contribution in [0, 0.1) is 6.92 Å². The molecule has 0 aromatic carbocycles. The molecule has 3 aromatic heterocycles. The molecule has 1 N–H and O–H groups in total. The van der Waals surface area contributed by atoms with Gasteiger partial charge in [-0.3, -0.25) is 14.5 Å². The number of furan rings is 1. The summed E-state index contributed by atoms with van der Waals surface area (Å²) in [6.07, 6.45) is 6.14. The molecule has 5 rings (SSSR count). The number of rotatable bonds is 11. The van der Waals surface area contributed by atoms with Gasteiger partial charge in [-0.15, -0.1) is 21.5 Å². The normalized spacial score (nSPS) is 17.7. The van der Waals surface area contributed by atoms with Crippen molar-refractivity contribution in [3.8, 4) is 11.6 Å². The standard InChI is InChI=1S/C27H37N7O4S/c1-20-10-11-22(38-20)26-29-31-34(30-26)19-24(35)33(13-6-12-32-14-16-37-17-15-32)25(23-9-5-18-39-23)27(36)28-21-7-3-2-4-8-21/h5,9-11,18,21,25H,2-4,6-8,12-17,19H2,1H3,(H,28,36). The lowest BCUT2D eigenvalue weighted by molar-refractivity contribution is -0.142. The summed E-state index contributed by atoms with van der Waals surface area (Å²) in [4.78, 5) is 33.8. The number of aromatic nitrogens is 4. The first kappa shape index (κ1) is 27.5. The maximum atomic E-state index is 13.8. The summed E-state index contributed by atoms with van der Waals surface area (Å²) in [5.74, 6) is 1.21. The molecule has 2 fully saturated rings. The number of ether oxygens (including phenoxy) is 1. The van der Waals surface area contributed by atoms with Gasteiger partial charge in [0.15, 0.2) is 5.76 Å². The van der Waals surface area contributed by atoms with Gasteiger partial charge in [-0.05, 0) is 55.0 Å². The molecule has 1 atom stereocenters. The van der Waals surface area contributed by atoms with E-state index in [9.17, 15) is 9.59 Å². The monoisotopic (exact) mass is 555 g/mol. The van der Waals surface area contributed by atoms with E-state index in [0.717, 1.165) is 75.6 Å². The van der Waals surface area contributed by atoms with Gasteiger partial charge in [-0.1, -0.05) is 25.3 Å². The van der Waals surface area contributed by atoms with Crippen LogP contribution in [0.3, 0.4) is 0 Å². The van der Waals surface area contributed by atoms with Crippen LogP contribution in [0.15, 0.2) is 34.1 Å². The molecule has 1 aliphatic heterocycles. The van der Waals surface area contributed by atoms with Crippen molar-refractivity contribution in [3.05, 3.63) is 40.3 Å². The second kappa shape index (κ2) is 13.3. The van der Waals surface area contributed by atoms with E-state index in [2.05, 4.69) is 25.6 Å². The molecule has 2 aliphatic rings. The van der Waals surface area contributed by atoms with Crippen LogP contribution < -0.4 is 5.32 Å². The number of hydrogen-bond donors (Lipinski definition) is 1. The van der Waals surface area contributed by atoms with Crippen molar-refractivity contribution in [1.82, 2.24) is 35.3 Å². The quantitative estimate of drug-likeness (QED) is 0.384. The molecule has 0 spiro atoms. The number of carbonyl (C=O) groups excluding carboxylic acids is 2. The van der Waals surface area contributed by atoms with Crippen LogP contribution in [0.1, 0.15) is 55.2 Å². The zero-order valence-corrected chi connectivity index (χ0v) is 23.3. The van der Waals surface area contributed by atoms with Crippen LogP contribution in [-0.4, -0.2) is 87.3 Å². The van der Waals surface area contributed by atoms with Gasteiger partial charge in [0.25, 0.3) is 0 Å². The van der Waals surface area contributed by atoms with E-state index in [-0.39, 0.29) is 24.4 Å². The Balaban J connectivity index is 1.34. The topological polar surface area (TPSA) is 119 Å². The van der Waals surface area contributed by atoms with Crippen molar-refractivity contribution >= 4 is 23.2 Å². The summed E-state index contributed by atoms with van der Waals surface area (Å²) in [6.45, 7) is 6.19. The van der Waals surface area contributed by atoms with Crippen LogP contribution >= 0.6 is 11.3 Å². The van der Waals surface area contributed by atoms with Crippen LogP contribution in [-0.2, 0) is 20.9 Å². The van der Waals surface area contributed by atoms with Gasteiger partial charge in [0.05, 0.1) is 13.2 Å². The number of carbonyl (C=O) groups is 2. The van der Waals surface area contributed by atoms with Crippen LogP contribution in [0.25, 0.3) is 11.6 Å². The van der Waals surface area contributed by atoms with Gasteiger partial charge in [-0.25, -0.2) is 0 Å². The van der Waals surface area contributed by atoms with E-state index in [1.165, 1.54) is 22.6 Å². The highest BCUT2D eigenvalue weighted by Gasteiger charge is 2.34. The Kier molecular flexibility index (Phi) is 9.38. The third-order valence-corrected chi connectivity index (χ3v) is 8.24. The maximum Gasteiger partial charge on any atom is 0.248 e. The van der Waals surface area contributed by atoms with Gasteiger partial charge in [-0.2, -0.15) is 4.80 Å². The molecule has 12 heteroatoms. The summed E-state index contributed by atoms with van der Waals surface area (Å²) in [5, 5.41) is 17.7. The molecule has 2 amide bonds. The second-order valence-corrected chi connectivity index (χ2v) is 11.2. The molecule has 1 saturated heterocycles. The third kappa shape index (κ3) is 7.31. The van der Waals surface area contributed by atoms with E-state index in [1.807, 2.05) is 30.5 Å². The number of hydrogen-bond acceptors (Lipinski definition) is 9. The summed E-state index contributed by atoms with van der Waals surface area (Å²) in [5.41, 5.74) is 0. The lowest BCUT2D eigenvalue weighted by Gasteiger charge is -2.33. The molecule has 39 heavy (non-hydrogen) atoms. The Morgan fingerprint density at radius 3 is 2.72 bits per heavy atom. The summed E-state index contributed by atoms with van der Waals surface area (Å²) >= 11 is 1.49. The predicted octanol–water partition coefficient (Wildman–Crippen LogP) is 3.04. The van der Waals surface area contributed by atoms with Crippen LogP contribution in [0.2, 0.25) is 0 Å². The fourth-order valence-corrected chi connectivity index (χ4v) is 6.10. The van der Waals surface area contributed by atoms with Crippen molar-refractivity contribution in [1.29, 1.82) is 0 Å². The first-order valence-electron chi connectivity index (χ1n) is 13.8. The number of thiophene rings is 1. The van der Waals surface area contributed by atoms with Crippen molar-refractivity contribution < 1.29 is 18.7 Å². The first-order chi connectivity index (χ1) is 19.1. The minimum atomic E-state index is -0.708. The van der Waals surface area contributed by atoms with E-state index in [4.69, 9.17) is 9.15 Å². The highest BCUT2D eigenvalue weighted by atomic mass is 32.1. The Morgan fingerprint density at radius 2 is 2.00 bits per heavy atom. The zero-order chi connectivity index (χ0) is 27.0. The average molecular weight is 556 g/mol. The Labute approximate surface area is 232 Å². The summed E-state index contributed by atoms with van der Waals surface area (Å²) in [7, 11) is 0. The van der Waals surface area contributed by atoms with Gasteiger partial charge in [0.2, 0.25) is 17.6 Å². The molecule has 210 valence electrons. The Bertz CT molecular complexity index is 1200. The highest BCUT2D eigenvalue weighted by Crippen LogP contribution is 2.28. The molecule has 0 radical (unpaired) electrons. The minimum absolute atomic E-state index is 0.122. The SMILES string of the molecule is Cc1ccc(-c2nnn(CC(=O)N(CCCN3CCOCC3)C(C(=O)NC3CCCCC3)c3cccs3)n2)o1. The first-order valence-corrected chi connectivity index (χ1v) is 14.7. The second-order valence-electron chi connectivity index (χ2n) is 10.2. The minimum Gasteiger partial charge on any atom is -0.458 e. The fourth-order valence-electron chi connectivity index (χ4n) is 5.26.